The summed E-state index contributed by atoms with van der Waals surface area (Å²) in [4.78, 5) is 15.3. The molecule has 4 fully saturated rings. The largest absolute Gasteiger partial charge is 0.352 e. The first-order chi connectivity index (χ1) is 10.6. The van der Waals surface area contributed by atoms with Gasteiger partial charge in [-0.1, -0.05) is 30.3 Å². The van der Waals surface area contributed by atoms with Gasteiger partial charge in [0.05, 0.1) is 43.6 Å². The molecule has 4 nitrogen and oxygen atoms in total. The Bertz CT molecular complexity index is 543. The Labute approximate surface area is 132 Å². The van der Waals surface area contributed by atoms with Crippen LogP contribution >= 0.6 is 0 Å². The van der Waals surface area contributed by atoms with Crippen molar-refractivity contribution in [2.75, 3.05) is 39.3 Å². The van der Waals surface area contributed by atoms with E-state index in [2.05, 4.69) is 35.6 Å². The molecular weight excluding hydrogens is 274 g/mol. The molecule has 4 heterocycles. The van der Waals surface area contributed by atoms with Crippen molar-refractivity contribution in [3.63, 3.8) is 0 Å². The molecule has 4 aliphatic rings. The zero-order valence-corrected chi connectivity index (χ0v) is 13.4. The van der Waals surface area contributed by atoms with E-state index in [0.717, 1.165) is 6.42 Å². The Kier molecular flexibility index (Phi) is 3.46. The number of hydrogen-bond acceptors (Lipinski definition) is 1. The topological polar surface area (TPSA) is 38.0 Å². The third-order valence-electron chi connectivity index (χ3n) is 6.03. The molecule has 0 aromatic heterocycles. The number of carbonyl (C=O) groups is 1. The van der Waals surface area contributed by atoms with Gasteiger partial charge in [0.2, 0.25) is 5.91 Å². The van der Waals surface area contributed by atoms with Crippen LogP contribution in [0.4, 0.5) is 0 Å². The van der Waals surface area contributed by atoms with Crippen LogP contribution in [-0.2, 0) is 11.2 Å². The van der Waals surface area contributed by atoms with E-state index in [1.54, 1.807) is 16.7 Å². The number of amides is 1. The number of piperidine rings is 2. The van der Waals surface area contributed by atoms with Gasteiger partial charge in [-0.05, 0) is 12.0 Å². The minimum Gasteiger partial charge on any atom is -0.352 e. The summed E-state index contributed by atoms with van der Waals surface area (Å²) in [5.74, 6) is 0.779. The van der Waals surface area contributed by atoms with Crippen molar-refractivity contribution in [2.45, 2.75) is 19.4 Å². The molecule has 118 valence electrons. The highest BCUT2D eigenvalue weighted by atomic mass is 16.1. The molecule has 2 unspecified atom stereocenters. The number of benzene rings is 1. The molecule has 1 aromatic carbocycles. The monoisotopic (exact) mass is 301 g/mol. The minimum atomic E-state index is 0.138. The maximum Gasteiger partial charge on any atom is 0.217 e. The lowest BCUT2D eigenvalue weighted by Crippen LogP contribution is -3.17. The molecule has 3 N–H and O–H groups in total. The van der Waals surface area contributed by atoms with Gasteiger partial charge in [0.1, 0.15) is 13.1 Å². The lowest BCUT2D eigenvalue weighted by atomic mass is 9.65. The molecule has 3 atom stereocenters. The lowest BCUT2D eigenvalue weighted by molar-refractivity contribution is -0.918. The molecule has 0 saturated carbocycles. The predicted octanol–water partition coefficient (Wildman–Crippen LogP) is -1.85. The van der Waals surface area contributed by atoms with Gasteiger partial charge >= 0.3 is 0 Å². The Morgan fingerprint density at radius 1 is 1.18 bits per heavy atom. The number of fused-ring (bicyclic) bond motifs is 1. The summed E-state index contributed by atoms with van der Waals surface area (Å²) in [6.07, 6.45) is 1.10. The van der Waals surface area contributed by atoms with E-state index in [-0.39, 0.29) is 11.3 Å². The summed E-state index contributed by atoms with van der Waals surface area (Å²) in [6, 6.07) is 11.2. The second-order valence-corrected chi connectivity index (χ2v) is 7.72. The van der Waals surface area contributed by atoms with Crippen molar-refractivity contribution in [1.29, 1.82) is 0 Å². The summed E-state index contributed by atoms with van der Waals surface area (Å²) >= 11 is 0. The van der Waals surface area contributed by atoms with Gasteiger partial charge in [-0.25, -0.2) is 0 Å². The molecule has 1 amide bonds. The zero-order valence-electron chi connectivity index (χ0n) is 13.4. The SMILES string of the molecule is CC(=O)N[C@H]1C2C[NH+]3CC[NH+](C2)CC1(Cc1ccccc1)C3. The number of carbonyl (C=O) groups excluding carboxylic acids is 1. The van der Waals surface area contributed by atoms with Crippen LogP contribution < -0.4 is 15.1 Å². The van der Waals surface area contributed by atoms with E-state index >= 15 is 0 Å². The molecule has 5 rings (SSSR count). The molecule has 1 aromatic rings. The molecule has 22 heavy (non-hydrogen) atoms. The third kappa shape index (κ3) is 2.44. The molecule has 0 radical (unpaired) electrons. The zero-order chi connectivity index (χ0) is 15.2. The Balaban J connectivity index is 1.69. The van der Waals surface area contributed by atoms with Gasteiger partial charge in [0.15, 0.2) is 0 Å². The second kappa shape index (κ2) is 5.36. The standard InChI is InChI=1S/C18H25N3O/c1-14(22)19-17-16-10-20-7-8-21(11-16)13-18(17,12-20)9-15-5-3-2-4-6-15/h2-6,16-17H,7-13H2,1H3,(H,19,22)/p+2/t16?,17-,18?/m0/s1. The average molecular weight is 301 g/mol. The normalized spacial score (nSPS) is 39.5. The van der Waals surface area contributed by atoms with Gasteiger partial charge in [-0.3, -0.25) is 4.79 Å². The first-order valence-electron chi connectivity index (χ1n) is 8.63. The fourth-order valence-electron chi connectivity index (χ4n) is 5.43. The molecule has 4 aliphatic heterocycles. The van der Waals surface area contributed by atoms with Gasteiger partial charge in [-0.2, -0.15) is 0 Å². The number of quaternary nitrogens is 2. The Hall–Kier alpha value is -1.39. The summed E-state index contributed by atoms with van der Waals surface area (Å²) < 4.78 is 0. The Morgan fingerprint density at radius 3 is 2.41 bits per heavy atom. The molecule has 4 bridgehead atoms. The second-order valence-electron chi connectivity index (χ2n) is 7.72. The van der Waals surface area contributed by atoms with Gasteiger partial charge in [0.25, 0.3) is 0 Å². The van der Waals surface area contributed by atoms with Crippen LogP contribution in [0.25, 0.3) is 0 Å². The maximum atomic E-state index is 11.8. The molecule has 0 spiro atoms. The number of hydrogen-bond donors (Lipinski definition) is 3. The third-order valence-corrected chi connectivity index (χ3v) is 6.03. The number of rotatable bonds is 3. The van der Waals surface area contributed by atoms with E-state index in [1.807, 2.05) is 0 Å². The van der Waals surface area contributed by atoms with Crippen LogP contribution in [0.3, 0.4) is 0 Å². The van der Waals surface area contributed by atoms with Crippen molar-refractivity contribution in [3.8, 4) is 0 Å². The van der Waals surface area contributed by atoms with E-state index in [4.69, 9.17) is 0 Å². The van der Waals surface area contributed by atoms with Crippen LogP contribution in [-0.4, -0.2) is 51.2 Å². The number of nitrogens with one attached hydrogen (secondary N) is 3. The van der Waals surface area contributed by atoms with E-state index in [1.165, 1.54) is 44.8 Å². The lowest BCUT2D eigenvalue weighted by Gasteiger charge is -2.51. The van der Waals surface area contributed by atoms with Gasteiger partial charge in [0, 0.05) is 6.92 Å². The van der Waals surface area contributed by atoms with E-state index in [9.17, 15) is 4.79 Å². The average Bonchev–Trinajstić information content (AvgIpc) is 2.72. The Morgan fingerprint density at radius 2 is 1.82 bits per heavy atom. The van der Waals surface area contributed by atoms with Crippen LogP contribution in [0, 0.1) is 11.3 Å². The first-order valence-corrected chi connectivity index (χ1v) is 8.63. The quantitative estimate of drug-likeness (QED) is 0.602. The fraction of sp³-hybridized carbons (Fsp3) is 0.611. The van der Waals surface area contributed by atoms with E-state index in [0.29, 0.717) is 12.0 Å². The summed E-state index contributed by atoms with van der Waals surface area (Å²) in [5.41, 5.74) is 1.65. The minimum absolute atomic E-state index is 0.138. The summed E-state index contributed by atoms with van der Waals surface area (Å²) in [7, 11) is 0. The van der Waals surface area contributed by atoms with Crippen molar-refractivity contribution in [1.82, 2.24) is 5.32 Å². The fourth-order valence-corrected chi connectivity index (χ4v) is 5.43. The highest BCUT2D eigenvalue weighted by Gasteiger charge is 2.59. The summed E-state index contributed by atoms with van der Waals surface area (Å²) in [6.45, 7) is 9.19. The van der Waals surface area contributed by atoms with Crippen molar-refractivity contribution >= 4 is 5.91 Å². The van der Waals surface area contributed by atoms with E-state index < -0.39 is 0 Å². The van der Waals surface area contributed by atoms with Gasteiger partial charge < -0.3 is 15.1 Å². The highest BCUT2D eigenvalue weighted by Crippen LogP contribution is 2.33. The van der Waals surface area contributed by atoms with Crippen LogP contribution in [0.2, 0.25) is 0 Å². The smallest absolute Gasteiger partial charge is 0.217 e. The molecular formula is C18H27N3O+2. The first kappa shape index (κ1) is 14.2. The van der Waals surface area contributed by atoms with Crippen LogP contribution in [0.1, 0.15) is 12.5 Å². The maximum absolute atomic E-state index is 11.8. The summed E-state index contributed by atoms with van der Waals surface area (Å²) in [5, 5.41) is 3.35. The van der Waals surface area contributed by atoms with Crippen LogP contribution in [0.5, 0.6) is 0 Å². The van der Waals surface area contributed by atoms with Crippen LogP contribution in [0.15, 0.2) is 30.3 Å². The molecule has 4 heteroatoms. The van der Waals surface area contributed by atoms with Crippen molar-refractivity contribution in [3.05, 3.63) is 35.9 Å². The highest BCUT2D eigenvalue weighted by molar-refractivity contribution is 5.73. The predicted molar refractivity (Wildman–Crippen MR) is 84.8 cm³/mol. The molecule has 0 aliphatic carbocycles. The van der Waals surface area contributed by atoms with Crippen molar-refractivity contribution < 1.29 is 14.6 Å². The molecule has 4 saturated heterocycles. The van der Waals surface area contributed by atoms with Crippen molar-refractivity contribution in [2.24, 2.45) is 11.3 Å². The van der Waals surface area contributed by atoms with Gasteiger partial charge in [-0.15, -0.1) is 0 Å².